The fraction of sp³-hybridized carbons (Fsp3) is 0.300. The quantitative estimate of drug-likeness (QED) is 0.858. The molecule has 0 unspecified atom stereocenters. The molecule has 0 aliphatic rings. The topological polar surface area (TPSA) is 49.3 Å². The van der Waals surface area contributed by atoms with Crippen LogP contribution in [0.25, 0.3) is 0 Å². The molecule has 0 heterocycles. The van der Waals surface area contributed by atoms with E-state index in [4.69, 9.17) is 28.3 Å². The summed E-state index contributed by atoms with van der Waals surface area (Å²) in [5.74, 6) is -0.886. The van der Waals surface area contributed by atoms with Crippen molar-refractivity contribution >= 4 is 29.2 Å². The number of halogens is 2. The molecule has 15 heavy (non-hydrogen) atoms. The molecule has 0 amide bonds. The molecule has 0 fully saturated rings. The van der Waals surface area contributed by atoms with Crippen molar-refractivity contribution in [3.8, 4) is 0 Å². The summed E-state index contributed by atoms with van der Waals surface area (Å²) in [5.41, 5.74) is 0.839. The second-order valence-electron chi connectivity index (χ2n) is 3.13. The minimum atomic E-state index is -0.886. The zero-order chi connectivity index (χ0) is 11.4. The summed E-state index contributed by atoms with van der Waals surface area (Å²) in [6.45, 7) is 0. The van der Waals surface area contributed by atoms with Gasteiger partial charge in [-0.3, -0.25) is 4.79 Å². The molecular weight excluding hydrogens is 237 g/mol. The maximum absolute atomic E-state index is 10.8. The van der Waals surface area contributed by atoms with Crippen molar-refractivity contribution in [3.05, 3.63) is 33.8 Å². The van der Waals surface area contributed by atoms with Crippen molar-refractivity contribution < 1.29 is 9.90 Å². The fourth-order valence-electron chi connectivity index (χ4n) is 1.22. The van der Waals surface area contributed by atoms with Gasteiger partial charge in [0, 0.05) is 0 Å². The third kappa shape index (κ3) is 3.38. The molecule has 0 saturated heterocycles. The monoisotopic (exact) mass is 247 g/mol. The first-order chi connectivity index (χ1) is 7.04. The van der Waals surface area contributed by atoms with Crippen LogP contribution in [0.3, 0.4) is 0 Å². The normalized spacial score (nSPS) is 12.5. The summed E-state index contributed by atoms with van der Waals surface area (Å²) >= 11 is 11.6. The van der Waals surface area contributed by atoms with Crippen molar-refractivity contribution in [2.45, 2.75) is 12.5 Å². The zero-order valence-corrected chi connectivity index (χ0v) is 9.64. The SMILES string of the molecule is CN[C@@H](Cc1ccc(Cl)c(Cl)c1)C(=O)O. The van der Waals surface area contributed by atoms with Crippen LogP contribution in [0.4, 0.5) is 0 Å². The van der Waals surface area contributed by atoms with Crippen LogP contribution in [0.1, 0.15) is 5.56 Å². The van der Waals surface area contributed by atoms with Crippen LogP contribution in [-0.4, -0.2) is 24.2 Å². The second kappa shape index (κ2) is 5.35. The Kier molecular flexibility index (Phi) is 4.39. The molecule has 0 bridgehead atoms. The van der Waals surface area contributed by atoms with Gasteiger partial charge in [-0.05, 0) is 31.2 Å². The third-order valence-electron chi connectivity index (χ3n) is 2.07. The van der Waals surface area contributed by atoms with Crippen molar-refractivity contribution in [2.75, 3.05) is 7.05 Å². The molecular formula is C10H11Cl2NO2. The van der Waals surface area contributed by atoms with Crippen LogP contribution in [0.5, 0.6) is 0 Å². The average Bonchev–Trinajstić information content (AvgIpc) is 2.19. The summed E-state index contributed by atoms with van der Waals surface area (Å²) in [5, 5.41) is 12.5. The van der Waals surface area contributed by atoms with E-state index in [1.807, 2.05) is 0 Å². The number of hydrogen-bond donors (Lipinski definition) is 2. The van der Waals surface area contributed by atoms with Gasteiger partial charge in [0.2, 0.25) is 0 Å². The van der Waals surface area contributed by atoms with Gasteiger partial charge in [0.25, 0.3) is 0 Å². The van der Waals surface area contributed by atoms with Crippen molar-refractivity contribution in [2.24, 2.45) is 0 Å². The van der Waals surface area contributed by atoms with Gasteiger partial charge in [-0.2, -0.15) is 0 Å². The number of hydrogen-bond acceptors (Lipinski definition) is 2. The van der Waals surface area contributed by atoms with Crippen molar-refractivity contribution in [1.82, 2.24) is 5.32 Å². The van der Waals surface area contributed by atoms with Crippen LogP contribution in [0.2, 0.25) is 10.0 Å². The Labute approximate surface area is 98.0 Å². The maximum atomic E-state index is 10.8. The predicted molar refractivity (Wildman–Crippen MR) is 60.6 cm³/mol. The van der Waals surface area contributed by atoms with E-state index in [1.165, 1.54) is 0 Å². The van der Waals surface area contributed by atoms with Crippen LogP contribution in [0, 0.1) is 0 Å². The van der Waals surface area contributed by atoms with Crippen LogP contribution >= 0.6 is 23.2 Å². The number of carbonyl (C=O) groups is 1. The Hall–Kier alpha value is -0.770. The first-order valence-electron chi connectivity index (χ1n) is 4.38. The van der Waals surface area contributed by atoms with Gasteiger partial charge in [-0.1, -0.05) is 29.3 Å². The van der Waals surface area contributed by atoms with E-state index in [0.29, 0.717) is 16.5 Å². The number of carboxylic acids is 1. The zero-order valence-electron chi connectivity index (χ0n) is 8.13. The van der Waals surface area contributed by atoms with Gasteiger partial charge >= 0.3 is 5.97 Å². The standard InChI is InChI=1S/C10H11Cl2NO2/c1-13-9(10(14)15)5-6-2-3-7(11)8(12)4-6/h2-4,9,13H,5H2,1H3,(H,14,15)/t9-/m0/s1. The molecule has 0 aliphatic carbocycles. The molecule has 1 aromatic carbocycles. The molecule has 1 aromatic rings. The molecule has 0 radical (unpaired) electrons. The van der Waals surface area contributed by atoms with Gasteiger partial charge < -0.3 is 10.4 Å². The summed E-state index contributed by atoms with van der Waals surface area (Å²) < 4.78 is 0. The summed E-state index contributed by atoms with van der Waals surface area (Å²) in [7, 11) is 1.61. The lowest BCUT2D eigenvalue weighted by molar-refractivity contribution is -0.139. The third-order valence-corrected chi connectivity index (χ3v) is 2.81. The Balaban J connectivity index is 2.80. The van der Waals surface area contributed by atoms with E-state index in [-0.39, 0.29) is 0 Å². The van der Waals surface area contributed by atoms with E-state index < -0.39 is 12.0 Å². The van der Waals surface area contributed by atoms with Crippen LogP contribution in [0.15, 0.2) is 18.2 Å². The lowest BCUT2D eigenvalue weighted by Gasteiger charge is -2.11. The van der Waals surface area contributed by atoms with E-state index >= 15 is 0 Å². The average molecular weight is 248 g/mol. The summed E-state index contributed by atoms with van der Waals surface area (Å²) in [6.07, 6.45) is 0.378. The summed E-state index contributed by atoms with van der Waals surface area (Å²) in [4.78, 5) is 10.8. The molecule has 0 saturated carbocycles. The van der Waals surface area contributed by atoms with Crippen molar-refractivity contribution in [3.63, 3.8) is 0 Å². The molecule has 0 aliphatic heterocycles. The Bertz CT molecular complexity index is 368. The largest absolute Gasteiger partial charge is 0.480 e. The van der Waals surface area contributed by atoms with Gasteiger partial charge in [0.05, 0.1) is 10.0 Å². The molecule has 0 aromatic heterocycles. The number of aliphatic carboxylic acids is 1. The molecule has 0 spiro atoms. The number of likely N-dealkylation sites (N-methyl/N-ethyl adjacent to an activating group) is 1. The number of nitrogens with one attached hydrogen (secondary N) is 1. The molecule has 3 nitrogen and oxygen atoms in total. The highest BCUT2D eigenvalue weighted by atomic mass is 35.5. The number of benzene rings is 1. The molecule has 2 N–H and O–H groups in total. The van der Waals surface area contributed by atoms with Gasteiger partial charge in [0.1, 0.15) is 6.04 Å². The lowest BCUT2D eigenvalue weighted by Crippen LogP contribution is -2.35. The highest BCUT2D eigenvalue weighted by Gasteiger charge is 2.15. The van der Waals surface area contributed by atoms with Crippen LogP contribution in [-0.2, 0) is 11.2 Å². The van der Waals surface area contributed by atoms with Gasteiger partial charge in [-0.25, -0.2) is 0 Å². The van der Waals surface area contributed by atoms with Gasteiger partial charge in [-0.15, -0.1) is 0 Å². The fourth-order valence-corrected chi connectivity index (χ4v) is 1.54. The highest BCUT2D eigenvalue weighted by Crippen LogP contribution is 2.23. The van der Waals surface area contributed by atoms with Crippen molar-refractivity contribution in [1.29, 1.82) is 0 Å². The first kappa shape index (κ1) is 12.3. The Morgan fingerprint density at radius 1 is 1.47 bits per heavy atom. The smallest absolute Gasteiger partial charge is 0.321 e. The molecule has 82 valence electrons. The van der Waals surface area contributed by atoms with E-state index in [1.54, 1.807) is 25.2 Å². The summed E-state index contributed by atoms with van der Waals surface area (Å²) in [6, 6.07) is 4.49. The maximum Gasteiger partial charge on any atom is 0.321 e. The van der Waals surface area contributed by atoms with Gasteiger partial charge in [0.15, 0.2) is 0 Å². The second-order valence-corrected chi connectivity index (χ2v) is 3.95. The number of rotatable bonds is 4. The van der Waals surface area contributed by atoms with E-state index in [9.17, 15) is 4.79 Å². The minimum absolute atomic E-state index is 0.378. The first-order valence-corrected chi connectivity index (χ1v) is 5.14. The highest BCUT2D eigenvalue weighted by molar-refractivity contribution is 6.42. The van der Waals surface area contributed by atoms with E-state index in [2.05, 4.69) is 5.32 Å². The molecule has 1 atom stereocenters. The molecule has 1 rings (SSSR count). The minimum Gasteiger partial charge on any atom is -0.480 e. The van der Waals surface area contributed by atoms with E-state index in [0.717, 1.165) is 5.56 Å². The lowest BCUT2D eigenvalue weighted by atomic mass is 10.1. The predicted octanol–water partition coefficient (Wildman–Crippen LogP) is 2.21. The molecule has 5 heteroatoms. The Morgan fingerprint density at radius 3 is 2.60 bits per heavy atom. The number of carboxylic acid groups (broad SMARTS) is 1. The Morgan fingerprint density at radius 2 is 2.13 bits per heavy atom. The van der Waals surface area contributed by atoms with Crippen LogP contribution < -0.4 is 5.32 Å².